The van der Waals surface area contributed by atoms with Crippen molar-refractivity contribution in [3.05, 3.63) is 40.5 Å². The van der Waals surface area contributed by atoms with Gasteiger partial charge < -0.3 is 10.2 Å². The van der Waals surface area contributed by atoms with Gasteiger partial charge in [0.15, 0.2) is 0 Å². The summed E-state index contributed by atoms with van der Waals surface area (Å²) in [7, 11) is 2.06. The Hall–Kier alpha value is -1.46. The zero-order valence-electron chi connectivity index (χ0n) is 11.0. The van der Waals surface area contributed by atoms with E-state index < -0.39 is 0 Å². The fraction of sp³-hybridized carbons (Fsp3) is 0.429. The Morgan fingerprint density at radius 1 is 1.42 bits per heavy atom. The highest BCUT2D eigenvalue weighted by Gasteiger charge is 2.20. The maximum absolute atomic E-state index is 4.66. The molecule has 0 aromatic carbocycles. The van der Waals surface area contributed by atoms with Gasteiger partial charge in [-0.25, -0.2) is 4.98 Å². The molecule has 0 unspecified atom stereocenters. The molecule has 2 aromatic rings. The first-order chi connectivity index (χ1) is 9.31. The molecule has 2 heterocycles. The van der Waals surface area contributed by atoms with Crippen LogP contribution in [0.1, 0.15) is 23.4 Å². The third-order valence-electron chi connectivity index (χ3n) is 3.19. The first-order valence-electron chi connectivity index (χ1n) is 6.59. The molecule has 1 aliphatic rings. The molecule has 4 nitrogen and oxygen atoms in total. The molecule has 1 saturated carbocycles. The van der Waals surface area contributed by atoms with Gasteiger partial charge in [-0.2, -0.15) is 0 Å². The normalized spacial score (nSPS) is 14.6. The molecule has 0 spiro atoms. The molecule has 0 atom stereocenters. The van der Waals surface area contributed by atoms with E-state index in [9.17, 15) is 0 Å². The average Bonchev–Trinajstić information content (AvgIpc) is 3.13. The Morgan fingerprint density at radius 3 is 3.05 bits per heavy atom. The van der Waals surface area contributed by atoms with Crippen molar-refractivity contribution in [3.63, 3.8) is 0 Å². The van der Waals surface area contributed by atoms with Crippen LogP contribution in [0.4, 0.5) is 5.82 Å². The van der Waals surface area contributed by atoms with Crippen molar-refractivity contribution in [1.82, 2.24) is 15.3 Å². The highest BCUT2D eigenvalue weighted by molar-refractivity contribution is 7.09. The van der Waals surface area contributed by atoms with Crippen LogP contribution in [-0.4, -0.2) is 23.1 Å². The number of aromatic nitrogens is 2. The van der Waals surface area contributed by atoms with Crippen LogP contribution in [0.25, 0.3) is 0 Å². The third-order valence-corrected chi connectivity index (χ3v) is 4.05. The van der Waals surface area contributed by atoms with Crippen molar-refractivity contribution in [3.8, 4) is 0 Å². The van der Waals surface area contributed by atoms with Gasteiger partial charge in [-0.15, -0.1) is 11.3 Å². The average molecular weight is 274 g/mol. The standard InChI is InChI=1S/C14H18N4S/c1-18(10-13-3-2-6-19-13)14-9-15-7-12(17-14)8-16-11-4-5-11/h2-3,6-7,9,11,16H,4-5,8,10H2,1H3. The minimum Gasteiger partial charge on any atom is -0.353 e. The van der Waals surface area contributed by atoms with Crippen LogP contribution in [0.15, 0.2) is 29.9 Å². The number of hydrogen-bond donors (Lipinski definition) is 1. The second-order valence-corrected chi connectivity index (χ2v) is 5.99. The van der Waals surface area contributed by atoms with Gasteiger partial charge in [-0.3, -0.25) is 4.98 Å². The molecule has 100 valence electrons. The minimum absolute atomic E-state index is 0.703. The van der Waals surface area contributed by atoms with Crippen LogP contribution in [0.3, 0.4) is 0 Å². The van der Waals surface area contributed by atoms with E-state index >= 15 is 0 Å². The number of hydrogen-bond acceptors (Lipinski definition) is 5. The van der Waals surface area contributed by atoms with Crippen molar-refractivity contribution in [2.75, 3.05) is 11.9 Å². The molecule has 1 fully saturated rings. The van der Waals surface area contributed by atoms with Crippen LogP contribution in [0.2, 0.25) is 0 Å². The second kappa shape index (κ2) is 5.67. The molecule has 19 heavy (non-hydrogen) atoms. The summed E-state index contributed by atoms with van der Waals surface area (Å²) >= 11 is 1.77. The van der Waals surface area contributed by atoms with E-state index in [2.05, 4.69) is 44.7 Å². The smallest absolute Gasteiger partial charge is 0.147 e. The van der Waals surface area contributed by atoms with Crippen LogP contribution in [0.5, 0.6) is 0 Å². The van der Waals surface area contributed by atoms with E-state index in [1.165, 1.54) is 17.7 Å². The molecule has 1 aliphatic carbocycles. The number of nitrogens with one attached hydrogen (secondary N) is 1. The summed E-state index contributed by atoms with van der Waals surface area (Å²) in [5, 5.41) is 5.57. The summed E-state index contributed by atoms with van der Waals surface area (Å²) in [4.78, 5) is 12.4. The summed E-state index contributed by atoms with van der Waals surface area (Å²) in [6.07, 6.45) is 6.27. The molecule has 3 rings (SSSR count). The van der Waals surface area contributed by atoms with Gasteiger partial charge in [0.2, 0.25) is 0 Å². The Labute approximate surface area is 117 Å². The molecule has 0 amide bonds. The lowest BCUT2D eigenvalue weighted by Gasteiger charge is -2.17. The topological polar surface area (TPSA) is 41.1 Å². The number of anilines is 1. The number of nitrogens with zero attached hydrogens (tertiary/aromatic N) is 3. The van der Waals surface area contributed by atoms with Crippen molar-refractivity contribution in [1.29, 1.82) is 0 Å². The van der Waals surface area contributed by atoms with Gasteiger partial charge in [0.1, 0.15) is 5.82 Å². The SMILES string of the molecule is CN(Cc1cccs1)c1cncc(CNC2CC2)n1. The molecule has 0 saturated heterocycles. The molecule has 0 radical (unpaired) electrons. The van der Waals surface area contributed by atoms with E-state index in [4.69, 9.17) is 0 Å². The molecule has 5 heteroatoms. The predicted octanol–water partition coefficient (Wildman–Crippen LogP) is 2.43. The summed E-state index contributed by atoms with van der Waals surface area (Å²) in [6, 6.07) is 4.93. The number of thiophene rings is 1. The van der Waals surface area contributed by atoms with E-state index in [1.54, 1.807) is 11.3 Å². The Kier molecular flexibility index (Phi) is 3.75. The van der Waals surface area contributed by atoms with E-state index in [1.807, 2.05) is 12.4 Å². The minimum atomic E-state index is 0.703. The van der Waals surface area contributed by atoms with Gasteiger partial charge in [-0.05, 0) is 24.3 Å². The van der Waals surface area contributed by atoms with Gasteiger partial charge in [0.25, 0.3) is 0 Å². The fourth-order valence-electron chi connectivity index (χ4n) is 1.92. The first-order valence-corrected chi connectivity index (χ1v) is 7.47. The van der Waals surface area contributed by atoms with Crippen LogP contribution in [-0.2, 0) is 13.1 Å². The lowest BCUT2D eigenvalue weighted by molar-refractivity contribution is 0.670. The summed E-state index contributed by atoms with van der Waals surface area (Å²) in [5.41, 5.74) is 1.02. The van der Waals surface area contributed by atoms with Crippen LogP contribution < -0.4 is 10.2 Å². The van der Waals surface area contributed by atoms with Gasteiger partial charge in [-0.1, -0.05) is 6.07 Å². The van der Waals surface area contributed by atoms with Crippen molar-refractivity contribution in [2.24, 2.45) is 0 Å². The van der Waals surface area contributed by atoms with Crippen LogP contribution in [0, 0.1) is 0 Å². The first kappa shape index (κ1) is 12.6. The zero-order chi connectivity index (χ0) is 13.1. The summed E-state index contributed by atoms with van der Waals surface area (Å²) < 4.78 is 0. The Bertz CT molecular complexity index is 522. The van der Waals surface area contributed by atoms with Crippen molar-refractivity contribution in [2.45, 2.75) is 32.0 Å². The molecule has 0 aliphatic heterocycles. The van der Waals surface area contributed by atoms with Gasteiger partial charge in [0.05, 0.1) is 18.4 Å². The van der Waals surface area contributed by atoms with Crippen molar-refractivity contribution >= 4 is 17.2 Å². The molecular formula is C14H18N4S. The van der Waals surface area contributed by atoms with Crippen LogP contribution >= 0.6 is 11.3 Å². The largest absolute Gasteiger partial charge is 0.353 e. The molecule has 1 N–H and O–H groups in total. The third kappa shape index (κ3) is 3.52. The lowest BCUT2D eigenvalue weighted by atomic mass is 10.4. The second-order valence-electron chi connectivity index (χ2n) is 4.96. The van der Waals surface area contributed by atoms with E-state index in [0.717, 1.165) is 24.6 Å². The van der Waals surface area contributed by atoms with E-state index in [0.29, 0.717) is 6.04 Å². The number of rotatable bonds is 6. The summed E-state index contributed by atoms with van der Waals surface area (Å²) in [5.74, 6) is 0.934. The molecular weight excluding hydrogens is 256 g/mol. The molecule has 2 aromatic heterocycles. The highest BCUT2D eigenvalue weighted by atomic mass is 32.1. The zero-order valence-corrected chi connectivity index (χ0v) is 11.9. The maximum Gasteiger partial charge on any atom is 0.147 e. The Morgan fingerprint density at radius 2 is 2.32 bits per heavy atom. The summed E-state index contributed by atoms with van der Waals surface area (Å²) in [6.45, 7) is 1.70. The fourth-order valence-corrected chi connectivity index (χ4v) is 2.67. The predicted molar refractivity (Wildman–Crippen MR) is 78.3 cm³/mol. The maximum atomic E-state index is 4.66. The van der Waals surface area contributed by atoms with Gasteiger partial charge >= 0.3 is 0 Å². The molecule has 0 bridgehead atoms. The van der Waals surface area contributed by atoms with Gasteiger partial charge in [0, 0.05) is 30.7 Å². The van der Waals surface area contributed by atoms with Crippen molar-refractivity contribution < 1.29 is 0 Å². The lowest BCUT2D eigenvalue weighted by Crippen LogP contribution is -2.20. The van der Waals surface area contributed by atoms with E-state index in [-0.39, 0.29) is 0 Å². The quantitative estimate of drug-likeness (QED) is 0.878. The Balaban J connectivity index is 1.63. The highest BCUT2D eigenvalue weighted by Crippen LogP contribution is 2.19. The monoisotopic (exact) mass is 274 g/mol.